The number of thiazole rings is 1. The van der Waals surface area contributed by atoms with Crippen LogP contribution in [0.4, 0.5) is 13.2 Å². The van der Waals surface area contributed by atoms with E-state index in [9.17, 15) is 32.7 Å². The number of hydrogen-bond donors (Lipinski definition) is 0. The lowest BCUT2D eigenvalue weighted by atomic mass is 10.0. The standard InChI is InChI=1S/C27H22F3NO6S/c28-27(29,30)16-37-22(25(33)34)14-17-6-9-20(10-7-17)36-13-12-31-21-11-8-19(15-23(21)38-26(31)35)24(32)18-4-2-1-3-5-18/h1-11,15,22H,12-14,16H2,(H,33,34)/p-1. The molecule has 0 N–H and O–H groups in total. The number of nitrogens with zero attached hydrogens (tertiary/aromatic N) is 1. The molecule has 4 rings (SSSR count). The second-order valence-electron chi connectivity index (χ2n) is 8.33. The van der Waals surface area contributed by atoms with Crippen LogP contribution in [0.3, 0.4) is 0 Å². The van der Waals surface area contributed by atoms with Crippen molar-refractivity contribution in [3.63, 3.8) is 0 Å². The molecule has 0 spiro atoms. The summed E-state index contributed by atoms with van der Waals surface area (Å²) in [7, 11) is 0. The van der Waals surface area contributed by atoms with E-state index >= 15 is 0 Å². The maximum atomic E-state index is 12.7. The van der Waals surface area contributed by atoms with Gasteiger partial charge in [-0.3, -0.25) is 14.2 Å². The molecule has 7 nitrogen and oxygen atoms in total. The molecule has 0 fully saturated rings. The number of aromatic nitrogens is 1. The van der Waals surface area contributed by atoms with Crippen LogP contribution >= 0.6 is 11.3 Å². The van der Waals surface area contributed by atoms with Crippen molar-refractivity contribution >= 4 is 33.3 Å². The van der Waals surface area contributed by atoms with Gasteiger partial charge in [-0.1, -0.05) is 53.8 Å². The van der Waals surface area contributed by atoms with Gasteiger partial charge in [0.15, 0.2) is 5.78 Å². The Morgan fingerprint density at radius 2 is 1.68 bits per heavy atom. The van der Waals surface area contributed by atoms with Crippen LogP contribution in [0.5, 0.6) is 5.75 Å². The number of fused-ring (bicyclic) bond motifs is 1. The smallest absolute Gasteiger partial charge is 0.411 e. The fourth-order valence-corrected chi connectivity index (χ4v) is 4.73. The van der Waals surface area contributed by atoms with Gasteiger partial charge in [0.1, 0.15) is 25.1 Å². The Kier molecular flexibility index (Phi) is 8.28. The molecule has 38 heavy (non-hydrogen) atoms. The number of hydrogen-bond acceptors (Lipinski definition) is 7. The molecule has 3 aromatic carbocycles. The number of carbonyl (C=O) groups excluding carboxylic acids is 2. The Morgan fingerprint density at radius 1 is 0.974 bits per heavy atom. The highest BCUT2D eigenvalue weighted by molar-refractivity contribution is 7.16. The number of ether oxygens (including phenoxy) is 2. The fourth-order valence-electron chi connectivity index (χ4n) is 3.77. The molecule has 198 valence electrons. The molecule has 1 heterocycles. The SMILES string of the molecule is O=C(c1ccccc1)c1ccc2c(c1)sc(=O)n2CCOc1ccc(CC(OCC(F)(F)F)C(=O)[O-])cc1. The van der Waals surface area contributed by atoms with E-state index in [1.54, 1.807) is 59.2 Å². The Labute approximate surface area is 218 Å². The summed E-state index contributed by atoms with van der Waals surface area (Å²) >= 11 is 1.03. The minimum Gasteiger partial charge on any atom is -0.547 e. The van der Waals surface area contributed by atoms with E-state index in [1.807, 2.05) is 6.07 Å². The average Bonchev–Trinajstić information content (AvgIpc) is 3.20. The largest absolute Gasteiger partial charge is 0.547 e. The number of carboxylic acid groups (broad SMARTS) is 1. The van der Waals surface area contributed by atoms with E-state index in [0.717, 1.165) is 11.3 Å². The summed E-state index contributed by atoms with van der Waals surface area (Å²) in [5.74, 6) is -1.44. The van der Waals surface area contributed by atoms with Gasteiger partial charge in [0.25, 0.3) is 0 Å². The lowest BCUT2D eigenvalue weighted by Gasteiger charge is -2.20. The number of carbonyl (C=O) groups is 2. The number of halogens is 3. The van der Waals surface area contributed by atoms with Gasteiger partial charge in [0.05, 0.1) is 22.7 Å². The van der Waals surface area contributed by atoms with Crippen LogP contribution < -0.4 is 14.7 Å². The van der Waals surface area contributed by atoms with Crippen molar-refractivity contribution in [1.29, 1.82) is 0 Å². The van der Waals surface area contributed by atoms with Gasteiger partial charge in [-0.25, -0.2) is 0 Å². The minimum absolute atomic E-state index is 0.135. The van der Waals surface area contributed by atoms with E-state index in [2.05, 4.69) is 4.74 Å². The van der Waals surface area contributed by atoms with Crippen molar-refractivity contribution in [2.24, 2.45) is 0 Å². The molecular weight excluding hydrogens is 523 g/mol. The molecule has 1 aromatic heterocycles. The predicted octanol–water partition coefficient (Wildman–Crippen LogP) is 3.61. The highest BCUT2D eigenvalue weighted by Gasteiger charge is 2.29. The molecule has 0 saturated heterocycles. The molecule has 1 unspecified atom stereocenters. The van der Waals surface area contributed by atoms with Gasteiger partial charge >= 0.3 is 11.0 Å². The van der Waals surface area contributed by atoms with E-state index < -0.39 is 24.9 Å². The van der Waals surface area contributed by atoms with Crippen LogP contribution in [0.25, 0.3) is 10.2 Å². The van der Waals surface area contributed by atoms with Crippen molar-refractivity contribution in [1.82, 2.24) is 4.57 Å². The lowest BCUT2D eigenvalue weighted by molar-refractivity contribution is -0.319. The van der Waals surface area contributed by atoms with E-state index in [0.29, 0.717) is 32.7 Å². The summed E-state index contributed by atoms with van der Waals surface area (Å²) in [6, 6.07) is 20.1. The number of ketones is 1. The minimum atomic E-state index is -4.65. The highest BCUT2D eigenvalue weighted by Crippen LogP contribution is 2.22. The Bertz CT molecular complexity index is 1480. The molecule has 4 aromatic rings. The zero-order chi connectivity index (χ0) is 27.3. The molecule has 0 amide bonds. The topological polar surface area (TPSA) is 97.7 Å². The normalized spacial score (nSPS) is 12.4. The average molecular weight is 545 g/mol. The number of aliphatic carboxylic acids is 1. The third-order valence-corrected chi connectivity index (χ3v) is 6.55. The summed E-state index contributed by atoms with van der Waals surface area (Å²) in [6.45, 7) is -1.30. The number of carboxylic acids is 1. The number of alkyl halides is 3. The monoisotopic (exact) mass is 544 g/mol. The quantitative estimate of drug-likeness (QED) is 0.268. The predicted molar refractivity (Wildman–Crippen MR) is 132 cm³/mol. The highest BCUT2D eigenvalue weighted by atomic mass is 32.1. The summed E-state index contributed by atoms with van der Waals surface area (Å²) in [6.07, 6.45) is -6.70. The van der Waals surface area contributed by atoms with Crippen molar-refractivity contribution in [2.75, 3.05) is 13.2 Å². The third kappa shape index (κ3) is 6.87. The van der Waals surface area contributed by atoms with Crippen molar-refractivity contribution in [3.8, 4) is 5.75 Å². The first kappa shape index (κ1) is 27.1. The second kappa shape index (κ2) is 11.6. The zero-order valence-electron chi connectivity index (χ0n) is 19.8. The molecule has 1 atom stereocenters. The first-order chi connectivity index (χ1) is 18.1. The molecule has 0 bridgehead atoms. The first-order valence-electron chi connectivity index (χ1n) is 11.4. The molecule has 0 radical (unpaired) electrons. The second-order valence-corrected chi connectivity index (χ2v) is 9.32. The van der Waals surface area contributed by atoms with Crippen LogP contribution in [-0.4, -0.2) is 41.8 Å². The maximum Gasteiger partial charge on any atom is 0.411 e. The third-order valence-electron chi connectivity index (χ3n) is 5.61. The van der Waals surface area contributed by atoms with E-state index in [-0.39, 0.29) is 30.2 Å². The van der Waals surface area contributed by atoms with Crippen molar-refractivity contribution in [2.45, 2.75) is 25.2 Å². The van der Waals surface area contributed by atoms with Crippen LogP contribution in [0.2, 0.25) is 0 Å². The maximum absolute atomic E-state index is 12.7. The molecule has 0 aliphatic carbocycles. The number of rotatable bonds is 11. The van der Waals surface area contributed by atoms with Gasteiger partial charge in [0.2, 0.25) is 0 Å². The summed E-state index contributed by atoms with van der Waals surface area (Å²) in [5.41, 5.74) is 2.14. The lowest BCUT2D eigenvalue weighted by Crippen LogP contribution is -2.40. The van der Waals surface area contributed by atoms with Gasteiger partial charge in [-0.2, -0.15) is 13.2 Å². The fraction of sp³-hybridized carbons (Fsp3) is 0.222. The van der Waals surface area contributed by atoms with Crippen LogP contribution in [0, 0.1) is 0 Å². The molecule has 0 saturated carbocycles. The van der Waals surface area contributed by atoms with Crippen LogP contribution in [0.1, 0.15) is 21.5 Å². The first-order valence-corrected chi connectivity index (χ1v) is 12.3. The summed E-state index contributed by atoms with van der Waals surface area (Å²) in [4.78, 5) is 36.2. The van der Waals surface area contributed by atoms with Gasteiger partial charge in [-0.15, -0.1) is 0 Å². The van der Waals surface area contributed by atoms with Gasteiger partial charge in [-0.05, 0) is 35.9 Å². The number of benzene rings is 3. The van der Waals surface area contributed by atoms with Crippen LogP contribution in [0.15, 0.2) is 77.6 Å². The van der Waals surface area contributed by atoms with Crippen molar-refractivity contribution < 1.29 is 37.3 Å². The Hall–Kier alpha value is -3.96. The zero-order valence-corrected chi connectivity index (χ0v) is 20.6. The van der Waals surface area contributed by atoms with Gasteiger partial charge in [0, 0.05) is 17.5 Å². The molecule has 11 heteroatoms. The van der Waals surface area contributed by atoms with E-state index in [4.69, 9.17) is 4.74 Å². The molecule has 0 aliphatic heterocycles. The van der Waals surface area contributed by atoms with Gasteiger partial charge < -0.3 is 19.4 Å². The van der Waals surface area contributed by atoms with Crippen LogP contribution in [-0.2, 0) is 22.5 Å². The molecular formula is C27H21F3NO6S-. The Morgan fingerprint density at radius 3 is 2.34 bits per heavy atom. The Balaban J connectivity index is 1.36. The summed E-state index contributed by atoms with van der Waals surface area (Å²) in [5, 5.41) is 11.1. The summed E-state index contributed by atoms with van der Waals surface area (Å²) < 4.78 is 49.3. The van der Waals surface area contributed by atoms with E-state index in [1.165, 1.54) is 12.1 Å². The van der Waals surface area contributed by atoms with Crippen molar-refractivity contribution in [3.05, 3.63) is 99.2 Å². The molecule has 0 aliphatic rings.